The van der Waals surface area contributed by atoms with Crippen molar-refractivity contribution in [2.24, 2.45) is 11.1 Å². The lowest BCUT2D eigenvalue weighted by Crippen LogP contribution is -2.23. The maximum absolute atomic E-state index is 12.3. The average molecular weight is 360 g/mol. The summed E-state index contributed by atoms with van der Waals surface area (Å²) in [7, 11) is 0. The molecule has 2 unspecified atom stereocenters. The van der Waals surface area contributed by atoms with Crippen molar-refractivity contribution in [2.75, 3.05) is 12.4 Å². The minimum atomic E-state index is 0.0302. The number of rotatable bonds is 9. The van der Waals surface area contributed by atoms with Crippen LogP contribution >= 0.6 is 23.4 Å². The molecule has 0 aromatic carbocycles. The topological polar surface area (TPSA) is 58.9 Å². The van der Waals surface area contributed by atoms with Crippen molar-refractivity contribution in [2.45, 2.75) is 51.7 Å². The molecule has 6 heteroatoms. The molecule has 0 aliphatic heterocycles. The number of Topliss-reactive ketones (excluding diaryl/α,β-unsaturated/α-hetero) is 1. The molecule has 0 heterocycles. The van der Waals surface area contributed by atoms with E-state index in [1.165, 1.54) is 5.54 Å². The Labute approximate surface area is 148 Å². The maximum Gasteiger partial charge on any atom is 0.162 e. The van der Waals surface area contributed by atoms with Crippen LogP contribution in [0.3, 0.4) is 0 Å². The number of halogens is 1. The molecule has 1 N–H and O–H groups in total. The van der Waals surface area contributed by atoms with Gasteiger partial charge in [-0.15, -0.1) is 0 Å². The van der Waals surface area contributed by atoms with Gasteiger partial charge >= 0.3 is 0 Å². The van der Waals surface area contributed by atoms with Gasteiger partial charge in [-0.1, -0.05) is 30.6 Å². The molecule has 0 amide bonds. The molecule has 0 bridgehead atoms. The highest BCUT2D eigenvalue weighted by molar-refractivity contribution is 7.99. The van der Waals surface area contributed by atoms with Crippen LogP contribution in [0.1, 0.15) is 46.5 Å². The van der Waals surface area contributed by atoms with Gasteiger partial charge in [-0.3, -0.25) is 4.79 Å². The summed E-state index contributed by atoms with van der Waals surface area (Å²) >= 11 is 7.28. The van der Waals surface area contributed by atoms with E-state index in [4.69, 9.17) is 16.4 Å². The van der Waals surface area contributed by atoms with Crippen molar-refractivity contribution in [3.05, 3.63) is 22.9 Å². The number of ketones is 1. The first kappa shape index (κ1) is 20.1. The molecule has 1 aliphatic rings. The van der Waals surface area contributed by atoms with Gasteiger partial charge in [-0.2, -0.15) is 11.8 Å². The summed E-state index contributed by atoms with van der Waals surface area (Å²) in [5.41, 5.74) is 2.51. The van der Waals surface area contributed by atoms with Gasteiger partial charge in [0.2, 0.25) is 0 Å². The van der Waals surface area contributed by atoms with E-state index in [1.54, 1.807) is 13.0 Å². The van der Waals surface area contributed by atoms with Gasteiger partial charge in [-0.05, 0) is 31.1 Å². The molecule has 0 saturated heterocycles. The van der Waals surface area contributed by atoms with Crippen molar-refractivity contribution in [3.8, 4) is 0 Å². The zero-order valence-corrected chi connectivity index (χ0v) is 15.6. The number of carbonyl (C=O) groups excluding carboxylic acids is 1. The quantitative estimate of drug-likeness (QED) is 0.363. The summed E-state index contributed by atoms with van der Waals surface area (Å²) < 4.78 is 0. The fraction of sp³-hybridized carbons (Fsp3) is 0.647. The van der Waals surface area contributed by atoms with E-state index in [1.807, 2.05) is 11.8 Å². The Morgan fingerprint density at radius 1 is 1.57 bits per heavy atom. The number of thioether (sulfide) groups is 1. The van der Waals surface area contributed by atoms with Crippen LogP contribution < -0.4 is 0 Å². The molecule has 1 aliphatic carbocycles. The highest BCUT2D eigenvalue weighted by Crippen LogP contribution is 2.32. The van der Waals surface area contributed by atoms with Gasteiger partial charge in [0.1, 0.15) is 6.61 Å². The van der Waals surface area contributed by atoms with Gasteiger partial charge in [-0.25, -0.2) is 0 Å². The van der Waals surface area contributed by atoms with Gasteiger partial charge in [0.25, 0.3) is 0 Å². The molecule has 23 heavy (non-hydrogen) atoms. The molecule has 0 aromatic rings. The van der Waals surface area contributed by atoms with Crippen molar-refractivity contribution < 1.29 is 14.7 Å². The second-order valence-corrected chi connectivity index (χ2v) is 7.75. The smallest absolute Gasteiger partial charge is 0.162 e. The summed E-state index contributed by atoms with van der Waals surface area (Å²) in [5, 5.41) is 14.7. The van der Waals surface area contributed by atoms with E-state index in [-0.39, 0.29) is 24.1 Å². The predicted molar refractivity (Wildman–Crippen MR) is 98.3 cm³/mol. The lowest BCUT2D eigenvalue weighted by molar-refractivity contribution is -0.117. The van der Waals surface area contributed by atoms with Crippen LogP contribution in [0.4, 0.5) is 0 Å². The van der Waals surface area contributed by atoms with Crippen LogP contribution in [-0.2, 0) is 9.63 Å². The van der Waals surface area contributed by atoms with Gasteiger partial charge in [0.15, 0.2) is 5.78 Å². The summed E-state index contributed by atoms with van der Waals surface area (Å²) in [4.78, 5) is 17.4. The third-order valence-corrected chi connectivity index (χ3v) is 4.94. The Kier molecular flexibility index (Phi) is 9.41. The Balaban J connectivity index is 2.60. The first-order chi connectivity index (χ1) is 11.0. The Hall–Kier alpha value is -0.940. The molecular formula is C17H26ClNO3S. The zero-order valence-electron chi connectivity index (χ0n) is 14.0. The highest BCUT2D eigenvalue weighted by Gasteiger charge is 2.28. The number of nitrogens with zero attached hydrogens (tertiary/aromatic N) is 1. The lowest BCUT2D eigenvalue weighted by atomic mass is 9.83. The number of carbonyl (C=O) groups is 1. The molecule has 4 nitrogen and oxygen atoms in total. The molecule has 130 valence electrons. The second kappa shape index (κ2) is 10.8. The first-order valence-electron chi connectivity index (χ1n) is 7.94. The number of aliphatic hydroxyl groups excluding tert-OH is 1. The van der Waals surface area contributed by atoms with Crippen molar-refractivity contribution >= 4 is 34.9 Å². The number of aliphatic hydroxyl groups is 1. The van der Waals surface area contributed by atoms with Crippen LogP contribution in [0.25, 0.3) is 0 Å². The Bertz CT molecular complexity index is 488. The molecule has 0 fully saturated rings. The number of allylic oxidation sites excluding steroid dienone is 2. The maximum atomic E-state index is 12.3. The predicted octanol–water partition coefficient (Wildman–Crippen LogP) is 4.84. The first-order valence-corrected chi connectivity index (χ1v) is 9.42. The standard InChI is InChI=1S/C17H26ClNO3S/c1-4-23-13(3)9-14-10-16(20)15(17(21)11-14)8-12(2)19-22-7-5-6-18/h5-6,13-14,20H,4,7-11H2,1-3H3/b6-5?,19-12+. The Morgan fingerprint density at radius 3 is 2.91 bits per heavy atom. The summed E-state index contributed by atoms with van der Waals surface area (Å²) in [5.74, 6) is 1.56. The van der Waals surface area contributed by atoms with E-state index in [2.05, 4.69) is 19.0 Å². The van der Waals surface area contributed by atoms with Crippen LogP contribution in [0.15, 0.2) is 28.1 Å². The van der Waals surface area contributed by atoms with Crippen molar-refractivity contribution in [3.63, 3.8) is 0 Å². The fourth-order valence-electron chi connectivity index (χ4n) is 2.72. The van der Waals surface area contributed by atoms with E-state index in [0.29, 0.717) is 35.8 Å². The van der Waals surface area contributed by atoms with E-state index >= 15 is 0 Å². The van der Waals surface area contributed by atoms with E-state index in [9.17, 15) is 9.90 Å². The average Bonchev–Trinajstić information content (AvgIpc) is 2.47. The van der Waals surface area contributed by atoms with E-state index in [0.717, 1.165) is 12.2 Å². The number of hydrogen-bond acceptors (Lipinski definition) is 5. The second-order valence-electron chi connectivity index (χ2n) is 5.79. The van der Waals surface area contributed by atoms with Crippen LogP contribution in [0, 0.1) is 5.92 Å². The van der Waals surface area contributed by atoms with Crippen molar-refractivity contribution in [1.82, 2.24) is 0 Å². The molecule has 2 atom stereocenters. The molecule has 0 saturated carbocycles. The molecular weight excluding hydrogens is 334 g/mol. The number of hydrogen-bond donors (Lipinski definition) is 1. The molecule has 0 radical (unpaired) electrons. The lowest BCUT2D eigenvalue weighted by Gasteiger charge is -2.25. The van der Waals surface area contributed by atoms with Crippen LogP contribution in [0.5, 0.6) is 0 Å². The van der Waals surface area contributed by atoms with Gasteiger partial charge < -0.3 is 9.94 Å². The van der Waals surface area contributed by atoms with E-state index < -0.39 is 0 Å². The monoisotopic (exact) mass is 359 g/mol. The minimum Gasteiger partial charge on any atom is -0.512 e. The van der Waals surface area contributed by atoms with Crippen LogP contribution in [0.2, 0.25) is 0 Å². The molecule has 1 rings (SSSR count). The third-order valence-electron chi connectivity index (χ3n) is 3.67. The van der Waals surface area contributed by atoms with Crippen molar-refractivity contribution in [1.29, 1.82) is 0 Å². The van der Waals surface area contributed by atoms with Crippen LogP contribution in [-0.4, -0.2) is 34.2 Å². The molecule has 0 spiro atoms. The van der Waals surface area contributed by atoms with Gasteiger partial charge in [0, 0.05) is 35.6 Å². The summed E-state index contributed by atoms with van der Waals surface area (Å²) in [6.07, 6.45) is 4.01. The fourth-order valence-corrected chi connectivity index (χ4v) is 3.77. The summed E-state index contributed by atoms with van der Waals surface area (Å²) in [6.45, 7) is 6.38. The third kappa shape index (κ3) is 7.44. The summed E-state index contributed by atoms with van der Waals surface area (Å²) in [6, 6.07) is 0. The largest absolute Gasteiger partial charge is 0.512 e. The normalized spacial score (nSPS) is 21.1. The minimum absolute atomic E-state index is 0.0302. The molecule has 0 aromatic heterocycles. The number of oxime groups is 1. The zero-order chi connectivity index (χ0) is 17.2. The Morgan fingerprint density at radius 2 is 2.30 bits per heavy atom. The SMILES string of the molecule is CCSC(C)CC1CC(=O)C(C/C(C)=N/OCC=CCl)=C(O)C1. The highest BCUT2D eigenvalue weighted by atomic mass is 35.5. The van der Waals surface area contributed by atoms with Gasteiger partial charge in [0.05, 0.1) is 11.5 Å².